The van der Waals surface area contributed by atoms with Crippen molar-refractivity contribution < 1.29 is 14.3 Å². The lowest BCUT2D eigenvalue weighted by molar-refractivity contribution is -0.164. The van der Waals surface area contributed by atoms with E-state index in [9.17, 15) is 4.79 Å². The van der Waals surface area contributed by atoms with Gasteiger partial charge in [0.05, 0.1) is 19.1 Å². The molecule has 1 aliphatic carbocycles. The van der Waals surface area contributed by atoms with E-state index in [-0.39, 0.29) is 5.97 Å². The van der Waals surface area contributed by atoms with Crippen LogP contribution in [0.5, 0.6) is 0 Å². The summed E-state index contributed by atoms with van der Waals surface area (Å²) in [5.74, 6) is 0.812. The molecule has 3 heteroatoms. The van der Waals surface area contributed by atoms with Crippen LogP contribution in [0, 0.1) is 17.3 Å². The van der Waals surface area contributed by atoms with Crippen LogP contribution in [-0.4, -0.2) is 26.8 Å². The van der Waals surface area contributed by atoms with Gasteiger partial charge in [-0.05, 0) is 31.1 Å². The molecule has 0 N–H and O–H groups in total. The Kier molecular flexibility index (Phi) is 6.13. The van der Waals surface area contributed by atoms with Gasteiger partial charge >= 0.3 is 5.97 Å². The number of esters is 1. The van der Waals surface area contributed by atoms with Crippen LogP contribution >= 0.6 is 0 Å². The van der Waals surface area contributed by atoms with E-state index in [0.717, 1.165) is 19.3 Å². The third-order valence-electron chi connectivity index (χ3n) is 4.15. The zero-order valence-electron chi connectivity index (χ0n) is 12.3. The molecular weight excluding hydrogens is 228 g/mol. The highest BCUT2D eigenvalue weighted by atomic mass is 16.5. The standard InChI is InChI=1S/C15H28O3/c1-12(2)10-15(11-17-3,14(16)18-4)13-8-6-5-7-9-13/h12-13H,5-11H2,1-4H3. The van der Waals surface area contributed by atoms with Crippen LogP contribution in [0.15, 0.2) is 0 Å². The zero-order valence-corrected chi connectivity index (χ0v) is 12.3. The number of carbonyl (C=O) groups excluding carboxylic acids is 1. The molecule has 0 aliphatic heterocycles. The van der Waals surface area contributed by atoms with Crippen LogP contribution in [0.1, 0.15) is 52.4 Å². The Bertz CT molecular complexity index is 256. The SMILES string of the molecule is COCC(CC(C)C)(C(=O)OC)C1CCCCC1. The lowest BCUT2D eigenvalue weighted by atomic mass is 9.65. The Hall–Kier alpha value is -0.570. The average molecular weight is 256 g/mol. The second kappa shape index (κ2) is 7.13. The Balaban J connectivity index is 2.96. The molecule has 1 fully saturated rings. The Labute approximate surface area is 111 Å². The van der Waals surface area contributed by atoms with E-state index >= 15 is 0 Å². The fourth-order valence-electron chi connectivity index (χ4n) is 3.50. The first kappa shape index (κ1) is 15.5. The zero-order chi connectivity index (χ0) is 13.6. The lowest BCUT2D eigenvalue weighted by Crippen LogP contribution is -2.45. The number of hydrogen-bond donors (Lipinski definition) is 0. The fraction of sp³-hybridized carbons (Fsp3) is 0.933. The first-order chi connectivity index (χ1) is 8.56. The summed E-state index contributed by atoms with van der Waals surface area (Å²) in [5.41, 5.74) is -0.432. The predicted molar refractivity (Wildman–Crippen MR) is 72.4 cm³/mol. The summed E-state index contributed by atoms with van der Waals surface area (Å²) in [7, 11) is 3.18. The highest BCUT2D eigenvalue weighted by molar-refractivity contribution is 5.77. The molecule has 3 nitrogen and oxygen atoms in total. The number of carbonyl (C=O) groups is 1. The molecule has 0 aromatic carbocycles. The van der Waals surface area contributed by atoms with Crippen molar-refractivity contribution in [3.63, 3.8) is 0 Å². The number of ether oxygens (including phenoxy) is 2. The molecule has 0 bridgehead atoms. The van der Waals surface area contributed by atoms with E-state index in [1.54, 1.807) is 7.11 Å². The van der Waals surface area contributed by atoms with Gasteiger partial charge in [0.25, 0.3) is 0 Å². The van der Waals surface area contributed by atoms with E-state index in [4.69, 9.17) is 9.47 Å². The maximum absolute atomic E-state index is 12.4. The molecule has 0 spiro atoms. The molecular formula is C15H28O3. The van der Waals surface area contributed by atoms with Crippen LogP contribution in [0.3, 0.4) is 0 Å². The Morgan fingerprint density at radius 2 is 1.83 bits per heavy atom. The van der Waals surface area contributed by atoms with Crippen molar-refractivity contribution in [2.24, 2.45) is 17.3 Å². The summed E-state index contributed by atoms with van der Waals surface area (Å²) in [6, 6.07) is 0. The van der Waals surface area contributed by atoms with Gasteiger partial charge in [-0.1, -0.05) is 33.1 Å². The molecule has 1 atom stereocenters. The Morgan fingerprint density at radius 1 is 1.22 bits per heavy atom. The summed E-state index contributed by atoms with van der Waals surface area (Å²) in [5, 5.41) is 0. The van der Waals surface area contributed by atoms with E-state index in [1.165, 1.54) is 26.4 Å². The van der Waals surface area contributed by atoms with Gasteiger partial charge < -0.3 is 9.47 Å². The minimum Gasteiger partial charge on any atom is -0.469 e. The molecule has 0 aromatic heterocycles. The van der Waals surface area contributed by atoms with Crippen LogP contribution in [0.25, 0.3) is 0 Å². The molecule has 0 radical (unpaired) electrons. The second-order valence-corrected chi connectivity index (χ2v) is 6.01. The van der Waals surface area contributed by atoms with Crippen molar-refractivity contribution in [2.75, 3.05) is 20.8 Å². The highest BCUT2D eigenvalue weighted by Crippen LogP contribution is 2.44. The van der Waals surface area contributed by atoms with Crippen molar-refractivity contribution in [1.82, 2.24) is 0 Å². The van der Waals surface area contributed by atoms with Crippen LogP contribution in [-0.2, 0) is 14.3 Å². The van der Waals surface area contributed by atoms with Gasteiger partial charge in [-0.3, -0.25) is 4.79 Å². The molecule has 0 heterocycles. The van der Waals surface area contributed by atoms with E-state index in [1.807, 2.05) is 0 Å². The van der Waals surface area contributed by atoms with Crippen LogP contribution < -0.4 is 0 Å². The molecule has 1 saturated carbocycles. The molecule has 0 saturated heterocycles. The predicted octanol–water partition coefficient (Wildman–Crippen LogP) is 3.42. The van der Waals surface area contributed by atoms with Gasteiger partial charge in [-0.25, -0.2) is 0 Å². The second-order valence-electron chi connectivity index (χ2n) is 6.01. The molecule has 18 heavy (non-hydrogen) atoms. The van der Waals surface area contributed by atoms with Crippen molar-refractivity contribution in [1.29, 1.82) is 0 Å². The van der Waals surface area contributed by atoms with Gasteiger partial charge in [0.15, 0.2) is 0 Å². The van der Waals surface area contributed by atoms with E-state index < -0.39 is 5.41 Å². The number of hydrogen-bond acceptors (Lipinski definition) is 3. The third-order valence-corrected chi connectivity index (χ3v) is 4.15. The van der Waals surface area contributed by atoms with Crippen molar-refractivity contribution in [3.05, 3.63) is 0 Å². The van der Waals surface area contributed by atoms with Crippen LogP contribution in [0.4, 0.5) is 0 Å². The Morgan fingerprint density at radius 3 is 2.28 bits per heavy atom. The molecule has 0 aromatic rings. The van der Waals surface area contributed by atoms with E-state index in [2.05, 4.69) is 13.8 Å². The summed E-state index contributed by atoms with van der Waals surface area (Å²) >= 11 is 0. The smallest absolute Gasteiger partial charge is 0.314 e. The summed E-state index contributed by atoms with van der Waals surface area (Å²) in [4.78, 5) is 12.4. The first-order valence-electron chi connectivity index (χ1n) is 7.14. The molecule has 106 valence electrons. The summed E-state index contributed by atoms with van der Waals surface area (Å²) < 4.78 is 10.5. The van der Waals surface area contributed by atoms with Gasteiger partial charge in [-0.15, -0.1) is 0 Å². The monoisotopic (exact) mass is 256 g/mol. The fourth-order valence-corrected chi connectivity index (χ4v) is 3.50. The largest absolute Gasteiger partial charge is 0.469 e. The molecule has 0 amide bonds. The third kappa shape index (κ3) is 3.47. The van der Waals surface area contributed by atoms with Crippen molar-refractivity contribution in [3.8, 4) is 0 Å². The van der Waals surface area contributed by atoms with Gasteiger partial charge in [0.2, 0.25) is 0 Å². The maximum atomic E-state index is 12.4. The quantitative estimate of drug-likeness (QED) is 0.683. The van der Waals surface area contributed by atoms with Gasteiger partial charge in [-0.2, -0.15) is 0 Å². The minimum absolute atomic E-state index is 0.0787. The number of methoxy groups -OCH3 is 2. The topological polar surface area (TPSA) is 35.5 Å². The average Bonchev–Trinajstić information content (AvgIpc) is 2.37. The molecule has 1 rings (SSSR count). The lowest BCUT2D eigenvalue weighted by Gasteiger charge is -2.41. The summed E-state index contributed by atoms with van der Waals surface area (Å²) in [6.07, 6.45) is 6.87. The van der Waals surface area contributed by atoms with Gasteiger partial charge in [0, 0.05) is 7.11 Å². The first-order valence-corrected chi connectivity index (χ1v) is 7.14. The molecule has 1 unspecified atom stereocenters. The maximum Gasteiger partial charge on any atom is 0.314 e. The van der Waals surface area contributed by atoms with E-state index in [0.29, 0.717) is 18.4 Å². The summed E-state index contributed by atoms with van der Waals surface area (Å²) in [6.45, 7) is 4.81. The van der Waals surface area contributed by atoms with Crippen molar-refractivity contribution >= 4 is 5.97 Å². The molecule has 1 aliphatic rings. The minimum atomic E-state index is -0.432. The van der Waals surface area contributed by atoms with Crippen molar-refractivity contribution in [2.45, 2.75) is 52.4 Å². The number of rotatable bonds is 6. The van der Waals surface area contributed by atoms with Crippen LogP contribution in [0.2, 0.25) is 0 Å². The highest BCUT2D eigenvalue weighted by Gasteiger charge is 2.47. The van der Waals surface area contributed by atoms with Gasteiger partial charge in [0.1, 0.15) is 0 Å². The normalized spacial score (nSPS) is 20.7.